The number of benzene rings is 1. The first-order valence-electron chi connectivity index (χ1n) is 7.54. The molecule has 0 saturated heterocycles. The number of pyridine rings is 2. The van der Waals surface area contributed by atoms with Gasteiger partial charge in [0.05, 0.1) is 5.39 Å². The van der Waals surface area contributed by atoms with Crippen LogP contribution >= 0.6 is 0 Å². The molecule has 4 aromatic rings. The highest BCUT2D eigenvalue weighted by molar-refractivity contribution is 5.95. The summed E-state index contributed by atoms with van der Waals surface area (Å²) in [5, 5.41) is 17.0. The van der Waals surface area contributed by atoms with E-state index in [2.05, 4.69) is 49.9 Å². The number of anilines is 3. The standard InChI is InChI=1S/C17H16N6/c1-2-18-15-13-6-5-12(10-11(13)7-9-20-15)21-17-14-4-3-8-19-16(14)22-23-17/h3-10H,2H2,1H3,(H,18,20)(H2,19,21,22,23). The Morgan fingerprint density at radius 3 is 2.91 bits per heavy atom. The number of nitrogens with one attached hydrogen (secondary N) is 3. The number of fused-ring (bicyclic) bond motifs is 2. The number of hydrogen-bond donors (Lipinski definition) is 3. The lowest BCUT2D eigenvalue weighted by atomic mass is 10.1. The van der Waals surface area contributed by atoms with Crippen molar-refractivity contribution in [2.75, 3.05) is 17.2 Å². The van der Waals surface area contributed by atoms with Gasteiger partial charge in [-0.3, -0.25) is 5.10 Å². The summed E-state index contributed by atoms with van der Waals surface area (Å²) >= 11 is 0. The van der Waals surface area contributed by atoms with Crippen LogP contribution in [0.2, 0.25) is 0 Å². The summed E-state index contributed by atoms with van der Waals surface area (Å²) in [5.41, 5.74) is 1.69. The summed E-state index contributed by atoms with van der Waals surface area (Å²) in [6.07, 6.45) is 3.55. The number of aromatic amines is 1. The zero-order valence-corrected chi connectivity index (χ0v) is 12.7. The van der Waals surface area contributed by atoms with Crippen molar-refractivity contribution in [2.45, 2.75) is 6.92 Å². The Balaban J connectivity index is 1.72. The maximum Gasteiger partial charge on any atom is 0.183 e. The van der Waals surface area contributed by atoms with Gasteiger partial charge in [0.25, 0.3) is 0 Å². The summed E-state index contributed by atoms with van der Waals surface area (Å²) < 4.78 is 0. The minimum Gasteiger partial charge on any atom is -0.370 e. The Kier molecular flexibility index (Phi) is 3.27. The van der Waals surface area contributed by atoms with Gasteiger partial charge in [-0.1, -0.05) is 0 Å². The van der Waals surface area contributed by atoms with Gasteiger partial charge in [0.2, 0.25) is 0 Å². The molecule has 114 valence electrons. The molecule has 3 aromatic heterocycles. The molecular weight excluding hydrogens is 288 g/mol. The fourth-order valence-electron chi connectivity index (χ4n) is 2.65. The smallest absolute Gasteiger partial charge is 0.183 e. The second-order valence-electron chi connectivity index (χ2n) is 5.22. The van der Waals surface area contributed by atoms with Crippen LogP contribution in [0.4, 0.5) is 17.3 Å². The molecule has 0 unspecified atom stereocenters. The molecule has 0 atom stereocenters. The van der Waals surface area contributed by atoms with Gasteiger partial charge >= 0.3 is 0 Å². The van der Waals surface area contributed by atoms with Gasteiger partial charge < -0.3 is 10.6 Å². The third-order valence-corrected chi connectivity index (χ3v) is 3.71. The van der Waals surface area contributed by atoms with Gasteiger partial charge in [-0.05, 0) is 48.7 Å². The zero-order valence-electron chi connectivity index (χ0n) is 12.7. The summed E-state index contributed by atoms with van der Waals surface area (Å²) in [4.78, 5) is 8.61. The Morgan fingerprint density at radius 1 is 1.04 bits per heavy atom. The number of rotatable bonds is 4. The first-order chi connectivity index (χ1) is 11.3. The molecule has 0 spiro atoms. The highest BCUT2D eigenvalue weighted by Gasteiger charge is 2.07. The lowest BCUT2D eigenvalue weighted by Gasteiger charge is -2.09. The average molecular weight is 304 g/mol. The van der Waals surface area contributed by atoms with E-state index in [1.807, 2.05) is 30.5 Å². The Bertz CT molecular complexity index is 975. The predicted molar refractivity (Wildman–Crippen MR) is 93.1 cm³/mol. The SMILES string of the molecule is CCNc1nccc2cc(Nc3[nH]nc4ncccc34)ccc12. The van der Waals surface area contributed by atoms with E-state index in [-0.39, 0.29) is 0 Å². The third-order valence-electron chi connectivity index (χ3n) is 3.71. The molecule has 6 heteroatoms. The van der Waals surface area contributed by atoms with E-state index in [1.165, 1.54) is 0 Å². The molecule has 3 heterocycles. The van der Waals surface area contributed by atoms with E-state index in [0.29, 0.717) is 5.65 Å². The number of hydrogen-bond acceptors (Lipinski definition) is 5. The maximum atomic E-state index is 4.39. The van der Waals surface area contributed by atoms with Gasteiger partial charge in [0.1, 0.15) is 11.6 Å². The molecule has 3 N–H and O–H groups in total. The fraction of sp³-hybridized carbons (Fsp3) is 0.118. The molecule has 0 aliphatic carbocycles. The summed E-state index contributed by atoms with van der Waals surface area (Å²) in [6, 6.07) is 12.1. The summed E-state index contributed by atoms with van der Waals surface area (Å²) in [6.45, 7) is 2.91. The summed E-state index contributed by atoms with van der Waals surface area (Å²) in [5.74, 6) is 1.75. The van der Waals surface area contributed by atoms with E-state index in [9.17, 15) is 0 Å². The number of nitrogens with zero attached hydrogens (tertiary/aromatic N) is 3. The predicted octanol–water partition coefficient (Wildman–Crippen LogP) is 3.68. The first kappa shape index (κ1) is 13.5. The van der Waals surface area contributed by atoms with E-state index in [4.69, 9.17) is 0 Å². The van der Waals surface area contributed by atoms with Gasteiger partial charge in [0, 0.05) is 30.0 Å². The third kappa shape index (κ3) is 2.44. The molecule has 1 aromatic carbocycles. The molecule has 4 rings (SSSR count). The van der Waals surface area contributed by atoms with Crippen molar-refractivity contribution in [1.82, 2.24) is 20.2 Å². The number of H-pyrrole nitrogens is 1. The van der Waals surface area contributed by atoms with E-state index in [0.717, 1.165) is 40.0 Å². The van der Waals surface area contributed by atoms with Crippen LogP contribution in [-0.4, -0.2) is 26.7 Å². The molecule has 0 aliphatic rings. The quantitative estimate of drug-likeness (QED) is 0.536. The van der Waals surface area contributed by atoms with Crippen LogP contribution in [0.3, 0.4) is 0 Å². The average Bonchev–Trinajstić information content (AvgIpc) is 2.98. The van der Waals surface area contributed by atoms with Crippen LogP contribution < -0.4 is 10.6 Å². The van der Waals surface area contributed by atoms with E-state index >= 15 is 0 Å². The van der Waals surface area contributed by atoms with Crippen molar-refractivity contribution in [1.29, 1.82) is 0 Å². The molecule has 0 bridgehead atoms. The van der Waals surface area contributed by atoms with Crippen molar-refractivity contribution in [2.24, 2.45) is 0 Å². The van der Waals surface area contributed by atoms with Gasteiger partial charge in [-0.15, -0.1) is 0 Å². The maximum absolute atomic E-state index is 4.39. The monoisotopic (exact) mass is 304 g/mol. The van der Waals surface area contributed by atoms with Gasteiger partial charge in [-0.25, -0.2) is 9.97 Å². The minimum absolute atomic E-state index is 0.703. The van der Waals surface area contributed by atoms with Crippen molar-refractivity contribution >= 4 is 39.1 Å². The Labute approximate surface area is 133 Å². The first-order valence-corrected chi connectivity index (χ1v) is 7.54. The van der Waals surface area contributed by atoms with Crippen LogP contribution in [0, 0.1) is 0 Å². The second-order valence-corrected chi connectivity index (χ2v) is 5.22. The summed E-state index contributed by atoms with van der Waals surface area (Å²) in [7, 11) is 0. The van der Waals surface area contributed by atoms with Crippen LogP contribution in [0.5, 0.6) is 0 Å². The van der Waals surface area contributed by atoms with Gasteiger partial charge in [-0.2, -0.15) is 5.10 Å². The van der Waals surface area contributed by atoms with Crippen LogP contribution in [0.1, 0.15) is 6.92 Å². The van der Waals surface area contributed by atoms with Crippen LogP contribution in [0.25, 0.3) is 21.8 Å². The number of aromatic nitrogens is 4. The molecule has 0 fully saturated rings. The highest BCUT2D eigenvalue weighted by atomic mass is 15.2. The topological polar surface area (TPSA) is 78.5 Å². The fourth-order valence-corrected chi connectivity index (χ4v) is 2.65. The molecule has 0 saturated carbocycles. The van der Waals surface area contributed by atoms with Crippen molar-refractivity contribution < 1.29 is 0 Å². The second kappa shape index (κ2) is 5.57. The normalized spacial score (nSPS) is 11.0. The zero-order chi connectivity index (χ0) is 15.6. The lowest BCUT2D eigenvalue weighted by Crippen LogP contribution is -1.99. The van der Waals surface area contributed by atoms with Crippen molar-refractivity contribution in [3.63, 3.8) is 0 Å². The molecule has 0 aliphatic heterocycles. The molecule has 23 heavy (non-hydrogen) atoms. The molecule has 0 radical (unpaired) electrons. The molecular formula is C17H16N6. The Morgan fingerprint density at radius 2 is 2.00 bits per heavy atom. The van der Waals surface area contributed by atoms with E-state index in [1.54, 1.807) is 6.20 Å². The molecule has 0 amide bonds. The lowest BCUT2D eigenvalue weighted by molar-refractivity contribution is 1.10. The molecule has 6 nitrogen and oxygen atoms in total. The van der Waals surface area contributed by atoms with Crippen LogP contribution in [-0.2, 0) is 0 Å². The van der Waals surface area contributed by atoms with Crippen molar-refractivity contribution in [3.8, 4) is 0 Å². The largest absolute Gasteiger partial charge is 0.370 e. The van der Waals surface area contributed by atoms with E-state index < -0.39 is 0 Å². The minimum atomic E-state index is 0.703. The Hall–Kier alpha value is -3.15. The van der Waals surface area contributed by atoms with Gasteiger partial charge in [0.15, 0.2) is 5.65 Å². The highest BCUT2D eigenvalue weighted by Crippen LogP contribution is 2.27. The van der Waals surface area contributed by atoms with Crippen molar-refractivity contribution in [3.05, 3.63) is 48.8 Å². The van der Waals surface area contributed by atoms with Crippen LogP contribution in [0.15, 0.2) is 48.8 Å².